The highest BCUT2D eigenvalue weighted by Gasteiger charge is 2.36. The van der Waals surface area contributed by atoms with Crippen molar-refractivity contribution in [2.45, 2.75) is 12.5 Å². The van der Waals surface area contributed by atoms with Gasteiger partial charge in [-0.2, -0.15) is 0 Å². The van der Waals surface area contributed by atoms with Gasteiger partial charge >= 0.3 is 0 Å². The Morgan fingerprint density at radius 1 is 1.18 bits per heavy atom. The van der Waals surface area contributed by atoms with E-state index in [1.807, 2.05) is 12.1 Å². The van der Waals surface area contributed by atoms with Crippen LogP contribution in [0.3, 0.4) is 0 Å². The molecule has 1 fully saturated rings. The molecular formula is C25H23F2N5O2. The molecule has 2 aromatic carbocycles. The van der Waals surface area contributed by atoms with Crippen molar-refractivity contribution in [1.82, 2.24) is 9.97 Å². The summed E-state index contributed by atoms with van der Waals surface area (Å²) in [5, 5.41) is 3.38. The van der Waals surface area contributed by atoms with Crippen LogP contribution in [0.25, 0.3) is 11.4 Å². The average molecular weight is 463 g/mol. The average Bonchev–Trinajstić information content (AvgIpc) is 3.33. The van der Waals surface area contributed by atoms with E-state index in [1.165, 1.54) is 11.6 Å². The molecule has 1 saturated heterocycles. The number of carbonyl (C=O) groups is 1. The van der Waals surface area contributed by atoms with Crippen molar-refractivity contribution in [2.75, 3.05) is 54.5 Å². The minimum atomic E-state index is -0.858. The second kappa shape index (κ2) is 8.32. The zero-order valence-electron chi connectivity index (χ0n) is 18.4. The van der Waals surface area contributed by atoms with Gasteiger partial charge in [-0.05, 0) is 30.2 Å². The fourth-order valence-electron chi connectivity index (χ4n) is 5.09. The van der Waals surface area contributed by atoms with Gasteiger partial charge in [-0.3, -0.25) is 4.79 Å². The van der Waals surface area contributed by atoms with Crippen LogP contribution in [-0.4, -0.2) is 61.2 Å². The predicted octanol–water partition coefficient (Wildman–Crippen LogP) is 3.30. The first-order chi connectivity index (χ1) is 16.6. The number of carbonyl (C=O) groups excluding carboxylic acids is 1. The summed E-state index contributed by atoms with van der Waals surface area (Å²) in [6.45, 7) is 2.92. The summed E-state index contributed by atoms with van der Waals surface area (Å²) < 4.78 is 34.1. The molecule has 3 aliphatic rings. The lowest BCUT2D eigenvalue weighted by molar-refractivity contribution is 0.0914. The molecule has 0 radical (unpaired) electrons. The van der Waals surface area contributed by atoms with Gasteiger partial charge < -0.3 is 19.9 Å². The van der Waals surface area contributed by atoms with Gasteiger partial charge in [0, 0.05) is 30.9 Å². The van der Waals surface area contributed by atoms with Crippen LogP contribution in [0, 0.1) is 11.6 Å². The van der Waals surface area contributed by atoms with Crippen LogP contribution in [0.4, 0.5) is 26.0 Å². The maximum Gasteiger partial charge on any atom is 0.187 e. The second-order valence-electron chi connectivity index (χ2n) is 8.73. The van der Waals surface area contributed by atoms with Crippen LogP contribution < -0.4 is 15.1 Å². The summed E-state index contributed by atoms with van der Waals surface area (Å²) >= 11 is 0. The molecule has 34 heavy (non-hydrogen) atoms. The van der Waals surface area contributed by atoms with Gasteiger partial charge in [-0.15, -0.1) is 0 Å². The van der Waals surface area contributed by atoms with E-state index in [0.717, 1.165) is 42.2 Å². The third-order valence-corrected chi connectivity index (χ3v) is 6.70. The number of fused-ring (bicyclic) bond motifs is 4. The third-order valence-electron chi connectivity index (χ3n) is 6.70. The number of halogens is 2. The van der Waals surface area contributed by atoms with Gasteiger partial charge in [0.05, 0.1) is 43.2 Å². The maximum atomic E-state index is 14.2. The Balaban J connectivity index is 1.39. The van der Waals surface area contributed by atoms with Crippen LogP contribution >= 0.6 is 0 Å². The molecule has 3 aromatic rings. The van der Waals surface area contributed by atoms with Gasteiger partial charge in [0.15, 0.2) is 17.4 Å². The lowest BCUT2D eigenvalue weighted by Crippen LogP contribution is -2.56. The standard InChI is InChI=1S/C25H23F2N5O2/c26-18-4-2-5-19(27)23(18)22(33)13-31-12-15-14-34-10-9-32(15)25-21(31)11-29-24(30-25)17-3-1-6-20-16(17)7-8-28-20/h1-6,11,15,28H,7-10,12-14H2. The molecule has 0 spiro atoms. The molecule has 3 aliphatic heterocycles. The largest absolute Gasteiger partial charge is 0.384 e. The number of morpholine rings is 1. The van der Waals surface area contributed by atoms with Crippen molar-refractivity contribution < 1.29 is 18.3 Å². The molecule has 174 valence electrons. The summed E-state index contributed by atoms with van der Waals surface area (Å²) in [6, 6.07) is 9.48. The Morgan fingerprint density at radius 3 is 2.85 bits per heavy atom. The smallest absolute Gasteiger partial charge is 0.187 e. The number of hydrogen-bond donors (Lipinski definition) is 1. The Hall–Kier alpha value is -3.59. The fraction of sp³-hybridized carbons (Fsp3) is 0.320. The van der Waals surface area contributed by atoms with Crippen LogP contribution in [-0.2, 0) is 11.2 Å². The zero-order chi connectivity index (χ0) is 23.2. The lowest BCUT2D eigenvalue weighted by Gasteiger charge is -2.45. The number of nitrogens with one attached hydrogen (secondary N) is 1. The monoisotopic (exact) mass is 463 g/mol. The first-order valence-corrected chi connectivity index (χ1v) is 11.4. The number of nitrogens with zero attached hydrogens (tertiary/aromatic N) is 4. The second-order valence-corrected chi connectivity index (χ2v) is 8.73. The van der Waals surface area contributed by atoms with Gasteiger partial charge in [0.1, 0.15) is 11.6 Å². The normalized spacial score (nSPS) is 18.7. The van der Waals surface area contributed by atoms with E-state index in [9.17, 15) is 13.6 Å². The number of benzene rings is 2. The van der Waals surface area contributed by atoms with E-state index in [0.29, 0.717) is 37.8 Å². The summed E-state index contributed by atoms with van der Waals surface area (Å²) in [4.78, 5) is 26.5. The van der Waals surface area contributed by atoms with E-state index in [2.05, 4.69) is 21.3 Å². The molecule has 0 aliphatic carbocycles. The number of hydrogen-bond acceptors (Lipinski definition) is 7. The molecule has 0 bridgehead atoms. The molecule has 0 saturated carbocycles. The number of anilines is 3. The van der Waals surface area contributed by atoms with Crippen molar-refractivity contribution >= 4 is 23.0 Å². The van der Waals surface area contributed by atoms with Crippen molar-refractivity contribution in [3.05, 3.63) is 65.4 Å². The Kier molecular flexibility index (Phi) is 5.13. The molecule has 1 aromatic heterocycles. The third kappa shape index (κ3) is 3.47. The highest BCUT2D eigenvalue weighted by molar-refractivity contribution is 6.00. The molecule has 7 nitrogen and oxygen atoms in total. The molecule has 1 unspecified atom stereocenters. The van der Waals surface area contributed by atoms with E-state index in [1.54, 1.807) is 11.1 Å². The van der Waals surface area contributed by atoms with Crippen molar-refractivity contribution in [1.29, 1.82) is 0 Å². The highest BCUT2D eigenvalue weighted by atomic mass is 19.1. The minimum absolute atomic E-state index is 0.0228. The lowest BCUT2D eigenvalue weighted by atomic mass is 10.0. The van der Waals surface area contributed by atoms with E-state index in [-0.39, 0.29) is 12.6 Å². The zero-order valence-corrected chi connectivity index (χ0v) is 18.4. The van der Waals surface area contributed by atoms with Crippen LogP contribution in [0.5, 0.6) is 0 Å². The maximum absolute atomic E-state index is 14.2. The summed E-state index contributed by atoms with van der Waals surface area (Å²) in [5.41, 5.74) is 3.44. The Labute approximate surface area is 195 Å². The molecule has 1 N–H and O–H groups in total. The van der Waals surface area contributed by atoms with Crippen molar-refractivity contribution in [2.24, 2.45) is 0 Å². The first-order valence-electron chi connectivity index (χ1n) is 11.4. The minimum Gasteiger partial charge on any atom is -0.384 e. The molecule has 9 heteroatoms. The summed E-state index contributed by atoms with van der Waals surface area (Å²) in [7, 11) is 0. The molecule has 4 heterocycles. The Bertz CT molecular complexity index is 1260. The fourth-order valence-corrected chi connectivity index (χ4v) is 5.09. The predicted molar refractivity (Wildman–Crippen MR) is 125 cm³/mol. The Morgan fingerprint density at radius 2 is 2.00 bits per heavy atom. The van der Waals surface area contributed by atoms with Gasteiger partial charge in [0.2, 0.25) is 0 Å². The van der Waals surface area contributed by atoms with Gasteiger partial charge in [-0.1, -0.05) is 18.2 Å². The van der Waals surface area contributed by atoms with Crippen LogP contribution in [0.1, 0.15) is 15.9 Å². The van der Waals surface area contributed by atoms with E-state index in [4.69, 9.17) is 9.72 Å². The highest BCUT2D eigenvalue weighted by Crippen LogP contribution is 2.38. The molecular weight excluding hydrogens is 440 g/mol. The number of ketones is 1. The number of Topliss-reactive ketones (excluding diaryl/α,β-unsaturated/α-hetero) is 1. The van der Waals surface area contributed by atoms with Crippen LogP contribution in [0.2, 0.25) is 0 Å². The van der Waals surface area contributed by atoms with Crippen molar-refractivity contribution in [3.63, 3.8) is 0 Å². The SMILES string of the molecule is O=C(CN1CC2COCCN2c2nc(-c3cccc4c3CCN4)ncc21)c1c(F)cccc1F. The van der Waals surface area contributed by atoms with E-state index >= 15 is 0 Å². The van der Waals surface area contributed by atoms with E-state index < -0.39 is 23.0 Å². The van der Waals surface area contributed by atoms with Gasteiger partial charge in [-0.25, -0.2) is 18.7 Å². The first kappa shape index (κ1) is 21.0. The molecule has 1 atom stereocenters. The number of rotatable bonds is 4. The topological polar surface area (TPSA) is 70.6 Å². The van der Waals surface area contributed by atoms with Crippen molar-refractivity contribution in [3.8, 4) is 11.4 Å². The summed E-state index contributed by atoms with van der Waals surface area (Å²) in [5.74, 6) is -0.999. The quantitative estimate of drug-likeness (QED) is 0.596. The van der Waals surface area contributed by atoms with Gasteiger partial charge in [0.25, 0.3) is 0 Å². The number of aromatic nitrogens is 2. The molecule has 6 rings (SSSR count). The molecule has 0 amide bonds. The summed E-state index contributed by atoms with van der Waals surface area (Å²) in [6.07, 6.45) is 2.62. The van der Waals surface area contributed by atoms with Crippen LogP contribution in [0.15, 0.2) is 42.6 Å². The number of ether oxygens (including phenoxy) is 1.